The summed E-state index contributed by atoms with van der Waals surface area (Å²) in [7, 11) is 0. The number of anilines is 1. The molecular weight excluding hydrogens is 254 g/mol. The lowest BCUT2D eigenvalue weighted by Crippen LogP contribution is -2.22. The van der Waals surface area contributed by atoms with Crippen molar-refractivity contribution in [3.8, 4) is 0 Å². The molecule has 4 heteroatoms. The van der Waals surface area contributed by atoms with Crippen molar-refractivity contribution >= 4 is 17.6 Å². The van der Waals surface area contributed by atoms with Crippen LogP contribution >= 0.6 is 0 Å². The normalized spacial score (nSPS) is 21.7. The number of carboxylic acid groups (broad SMARTS) is 1. The zero-order chi connectivity index (χ0) is 14.7. The highest BCUT2D eigenvalue weighted by Crippen LogP contribution is 2.32. The summed E-state index contributed by atoms with van der Waals surface area (Å²) in [6, 6.07) is 5.97. The smallest absolute Gasteiger partial charge is 0.306 e. The molecule has 0 aliphatic heterocycles. The van der Waals surface area contributed by atoms with E-state index in [0.717, 1.165) is 23.2 Å². The highest BCUT2D eigenvalue weighted by Gasteiger charge is 2.34. The first-order chi connectivity index (χ1) is 9.52. The molecule has 2 rings (SSSR count). The fourth-order valence-electron chi connectivity index (χ4n) is 2.87. The van der Waals surface area contributed by atoms with E-state index in [-0.39, 0.29) is 17.7 Å². The minimum absolute atomic E-state index is 0.0437. The molecule has 108 valence electrons. The van der Waals surface area contributed by atoms with E-state index >= 15 is 0 Å². The van der Waals surface area contributed by atoms with Crippen molar-refractivity contribution in [2.75, 3.05) is 5.32 Å². The molecule has 1 aromatic carbocycles. The molecule has 0 bridgehead atoms. The largest absolute Gasteiger partial charge is 0.481 e. The number of carboxylic acids is 1. The molecule has 1 aliphatic rings. The number of para-hydroxylation sites is 1. The summed E-state index contributed by atoms with van der Waals surface area (Å²) in [5, 5.41) is 12.0. The van der Waals surface area contributed by atoms with E-state index in [1.165, 1.54) is 0 Å². The van der Waals surface area contributed by atoms with Crippen LogP contribution in [0.3, 0.4) is 0 Å². The second-order valence-electron chi connectivity index (χ2n) is 5.50. The molecular formula is C16H21NO3. The Labute approximate surface area is 119 Å². The van der Waals surface area contributed by atoms with Gasteiger partial charge in [-0.25, -0.2) is 0 Å². The van der Waals surface area contributed by atoms with Crippen molar-refractivity contribution in [1.29, 1.82) is 0 Å². The topological polar surface area (TPSA) is 66.4 Å². The van der Waals surface area contributed by atoms with E-state index < -0.39 is 5.97 Å². The molecule has 1 fully saturated rings. The van der Waals surface area contributed by atoms with Crippen molar-refractivity contribution in [3.05, 3.63) is 29.3 Å². The molecule has 0 spiro atoms. The van der Waals surface area contributed by atoms with Crippen LogP contribution in [0.5, 0.6) is 0 Å². The van der Waals surface area contributed by atoms with Crippen LogP contribution in [-0.4, -0.2) is 17.0 Å². The zero-order valence-corrected chi connectivity index (χ0v) is 12.0. The molecule has 2 unspecified atom stereocenters. The van der Waals surface area contributed by atoms with Crippen LogP contribution < -0.4 is 5.32 Å². The summed E-state index contributed by atoms with van der Waals surface area (Å²) in [6.45, 7) is 4.03. The number of aryl methyl sites for hydroxylation is 2. The van der Waals surface area contributed by atoms with Crippen molar-refractivity contribution in [1.82, 2.24) is 0 Å². The Kier molecular flexibility index (Phi) is 4.42. The van der Waals surface area contributed by atoms with Gasteiger partial charge in [-0.3, -0.25) is 9.59 Å². The van der Waals surface area contributed by atoms with E-state index in [9.17, 15) is 9.59 Å². The van der Waals surface area contributed by atoms with Crippen molar-refractivity contribution in [2.45, 2.75) is 39.5 Å². The monoisotopic (exact) mass is 275 g/mol. The molecule has 20 heavy (non-hydrogen) atoms. The number of rotatable bonds is 4. The number of hydrogen-bond acceptors (Lipinski definition) is 2. The SMILES string of the molecule is CCc1cccc(C)c1NC(=O)C1CCC(C(=O)O)C1. The highest BCUT2D eigenvalue weighted by atomic mass is 16.4. The van der Waals surface area contributed by atoms with E-state index in [1.54, 1.807) is 0 Å². The quantitative estimate of drug-likeness (QED) is 0.887. The Morgan fingerprint density at radius 1 is 1.30 bits per heavy atom. The van der Waals surface area contributed by atoms with Gasteiger partial charge in [0.2, 0.25) is 5.91 Å². The first kappa shape index (κ1) is 14.6. The van der Waals surface area contributed by atoms with Crippen molar-refractivity contribution in [2.24, 2.45) is 11.8 Å². The summed E-state index contributed by atoms with van der Waals surface area (Å²) < 4.78 is 0. The Morgan fingerprint density at radius 3 is 2.60 bits per heavy atom. The average Bonchev–Trinajstić information content (AvgIpc) is 2.91. The van der Waals surface area contributed by atoms with Gasteiger partial charge in [0.1, 0.15) is 0 Å². The first-order valence-electron chi connectivity index (χ1n) is 7.15. The Hall–Kier alpha value is -1.84. The van der Waals surface area contributed by atoms with Gasteiger partial charge in [0.15, 0.2) is 0 Å². The van der Waals surface area contributed by atoms with E-state index in [2.05, 4.69) is 12.2 Å². The van der Waals surface area contributed by atoms with E-state index in [4.69, 9.17) is 5.11 Å². The maximum Gasteiger partial charge on any atom is 0.306 e. The van der Waals surface area contributed by atoms with Crippen LogP contribution in [0.25, 0.3) is 0 Å². The standard InChI is InChI=1S/C16H21NO3/c1-3-11-6-4-5-10(2)14(11)17-15(18)12-7-8-13(9-12)16(19)20/h4-6,12-13H,3,7-9H2,1-2H3,(H,17,18)(H,19,20). The van der Waals surface area contributed by atoms with Crippen LogP contribution in [0.2, 0.25) is 0 Å². The van der Waals surface area contributed by atoms with Gasteiger partial charge in [-0.15, -0.1) is 0 Å². The first-order valence-corrected chi connectivity index (χ1v) is 7.15. The van der Waals surface area contributed by atoms with Gasteiger partial charge in [-0.05, 0) is 43.7 Å². The van der Waals surface area contributed by atoms with E-state index in [1.807, 2.05) is 25.1 Å². The molecule has 2 N–H and O–H groups in total. The molecule has 1 aromatic rings. The molecule has 0 radical (unpaired) electrons. The summed E-state index contributed by atoms with van der Waals surface area (Å²) in [6.07, 6.45) is 2.58. The fraction of sp³-hybridized carbons (Fsp3) is 0.500. The maximum atomic E-state index is 12.3. The number of benzene rings is 1. The predicted molar refractivity (Wildman–Crippen MR) is 77.7 cm³/mol. The maximum absolute atomic E-state index is 12.3. The summed E-state index contributed by atoms with van der Waals surface area (Å²) >= 11 is 0. The van der Waals surface area contributed by atoms with E-state index in [0.29, 0.717) is 19.3 Å². The second-order valence-corrected chi connectivity index (χ2v) is 5.50. The highest BCUT2D eigenvalue weighted by molar-refractivity contribution is 5.94. The molecule has 1 saturated carbocycles. The Balaban J connectivity index is 2.08. The lowest BCUT2D eigenvalue weighted by Gasteiger charge is -2.16. The van der Waals surface area contributed by atoms with Crippen LogP contribution in [0.4, 0.5) is 5.69 Å². The number of hydrogen-bond donors (Lipinski definition) is 2. The number of carbonyl (C=O) groups is 2. The van der Waals surface area contributed by atoms with Crippen molar-refractivity contribution < 1.29 is 14.7 Å². The van der Waals surface area contributed by atoms with Gasteiger partial charge < -0.3 is 10.4 Å². The molecule has 2 atom stereocenters. The number of carbonyl (C=O) groups excluding carboxylic acids is 1. The van der Waals surface area contributed by atoms with Crippen LogP contribution in [-0.2, 0) is 16.0 Å². The number of nitrogens with one attached hydrogen (secondary N) is 1. The third-order valence-corrected chi connectivity index (χ3v) is 4.14. The zero-order valence-electron chi connectivity index (χ0n) is 12.0. The van der Waals surface area contributed by atoms with Gasteiger partial charge in [0.25, 0.3) is 0 Å². The van der Waals surface area contributed by atoms with Gasteiger partial charge in [-0.1, -0.05) is 25.1 Å². The minimum atomic E-state index is -0.787. The fourth-order valence-corrected chi connectivity index (χ4v) is 2.87. The molecule has 0 aromatic heterocycles. The number of aliphatic carboxylic acids is 1. The van der Waals surface area contributed by atoms with Gasteiger partial charge in [0.05, 0.1) is 5.92 Å². The molecule has 4 nitrogen and oxygen atoms in total. The van der Waals surface area contributed by atoms with Crippen LogP contribution in [0.1, 0.15) is 37.3 Å². The lowest BCUT2D eigenvalue weighted by molar-refractivity contribution is -0.141. The number of amides is 1. The predicted octanol–water partition coefficient (Wildman–Crippen LogP) is 3.00. The van der Waals surface area contributed by atoms with Crippen LogP contribution in [0, 0.1) is 18.8 Å². The van der Waals surface area contributed by atoms with Gasteiger partial charge >= 0.3 is 5.97 Å². The molecule has 0 heterocycles. The Bertz CT molecular complexity index is 524. The summed E-state index contributed by atoms with van der Waals surface area (Å²) in [5.74, 6) is -1.38. The molecule has 1 amide bonds. The third-order valence-electron chi connectivity index (χ3n) is 4.14. The third kappa shape index (κ3) is 3.00. The Morgan fingerprint density at radius 2 is 2.00 bits per heavy atom. The van der Waals surface area contributed by atoms with Crippen molar-refractivity contribution in [3.63, 3.8) is 0 Å². The lowest BCUT2D eigenvalue weighted by atomic mass is 10.0. The average molecular weight is 275 g/mol. The van der Waals surface area contributed by atoms with Gasteiger partial charge in [0, 0.05) is 11.6 Å². The molecule has 0 saturated heterocycles. The minimum Gasteiger partial charge on any atom is -0.481 e. The van der Waals surface area contributed by atoms with Crippen LogP contribution in [0.15, 0.2) is 18.2 Å². The summed E-state index contributed by atoms with van der Waals surface area (Å²) in [5.41, 5.74) is 3.05. The second kappa shape index (κ2) is 6.07. The molecule has 1 aliphatic carbocycles. The van der Waals surface area contributed by atoms with Gasteiger partial charge in [-0.2, -0.15) is 0 Å². The summed E-state index contributed by atoms with van der Waals surface area (Å²) in [4.78, 5) is 23.3.